The summed E-state index contributed by atoms with van der Waals surface area (Å²) in [4.78, 5) is 23.6. The molecular weight excluding hydrogens is 260 g/mol. The summed E-state index contributed by atoms with van der Waals surface area (Å²) in [6, 6.07) is 0.258. The molecule has 0 saturated carbocycles. The van der Waals surface area contributed by atoms with Gasteiger partial charge in [-0.15, -0.1) is 0 Å². The molecule has 8 heteroatoms. The number of hydrogen-bond acceptors (Lipinski definition) is 7. The van der Waals surface area contributed by atoms with Gasteiger partial charge in [-0.2, -0.15) is 15.0 Å². The van der Waals surface area contributed by atoms with Crippen molar-refractivity contribution >= 4 is 17.8 Å². The number of aromatic nitrogens is 3. The molecule has 1 rings (SSSR count). The van der Waals surface area contributed by atoms with Crippen LogP contribution in [0, 0.1) is 0 Å². The maximum absolute atomic E-state index is 11.1. The number of anilines is 2. The highest BCUT2D eigenvalue weighted by Crippen LogP contribution is 2.12. The van der Waals surface area contributed by atoms with Crippen molar-refractivity contribution in [1.82, 2.24) is 20.3 Å². The molecule has 0 aliphatic rings. The predicted molar refractivity (Wildman–Crippen MR) is 76.9 cm³/mol. The van der Waals surface area contributed by atoms with Crippen molar-refractivity contribution < 1.29 is 9.53 Å². The molecule has 20 heavy (non-hydrogen) atoms. The maximum atomic E-state index is 11.1. The summed E-state index contributed by atoms with van der Waals surface area (Å²) in [6.07, 6.45) is 0.324. The Kier molecular flexibility index (Phi) is 6.48. The molecule has 0 spiro atoms. The minimum absolute atomic E-state index is 0.0226. The first-order valence-electron chi connectivity index (χ1n) is 6.66. The van der Waals surface area contributed by atoms with Crippen LogP contribution in [0.25, 0.3) is 0 Å². The van der Waals surface area contributed by atoms with Gasteiger partial charge < -0.3 is 20.7 Å². The molecule has 0 atom stereocenters. The summed E-state index contributed by atoms with van der Waals surface area (Å²) < 4.78 is 5.47. The van der Waals surface area contributed by atoms with Gasteiger partial charge in [0.25, 0.3) is 0 Å². The second-order valence-corrected chi connectivity index (χ2v) is 4.31. The van der Waals surface area contributed by atoms with Gasteiger partial charge in [0.15, 0.2) is 0 Å². The molecule has 1 aromatic heterocycles. The van der Waals surface area contributed by atoms with Crippen LogP contribution < -0.4 is 20.7 Å². The SMILES string of the molecule is CCNc1nc(NCCC(=O)NC)nc(OC(C)C)n1. The molecule has 0 fully saturated rings. The van der Waals surface area contributed by atoms with Crippen molar-refractivity contribution in [3.8, 4) is 6.01 Å². The number of nitrogens with one attached hydrogen (secondary N) is 3. The average Bonchev–Trinajstić information content (AvgIpc) is 2.37. The van der Waals surface area contributed by atoms with E-state index in [1.54, 1.807) is 7.05 Å². The second kappa shape index (κ2) is 8.13. The lowest BCUT2D eigenvalue weighted by Gasteiger charge is -2.11. The van der Waals surface area contributed by atoms with E-state index in [0.29, 0.717) is 31.4 Å². The molecule has 0 aliphatic heterocycles. The minimum Gasteiger partial charge on any atom is -0.461 e. The highest BCUT2D eigenvalue weighted by atomic mass is 16.5. The molecule has 0 unspecified atom stereocenters. The fraction of sp³-hybridized carbons (Fsp3) is 0.667. The van der Waals surface area contributed by atoms with E-state index in [2.05, 4.69) is 30.9 Å². The Labute approximate surface area is 118 Å². The quantitative estimate of drug-likeness (QED) is 0.643. The third kappa shape index (κ3) is 5.68. The smallest absolute Gasteiger partial charge is 0.323 e. The van der Waals surface area contributed by atoms with E-state index in [-0.39, 0.29) is 18.0 Å². The molecule has 1 aromatic rings. The molecule has 0 radical (unpaired) electrons. The van der Waals surface area contributed by atoms with Crippen LogP contribution in [-0.2, 0) is 4.79 Å². The Bertz CT molecular complexity index is 438. The fourth-order valence-electron chi connectivity index (χ4n) is 1.35. The van der Waals surface area contributed by atoms with E-state index >= 15 is 0 Å². The summed E-state index contributed by atoms with van der Waals surface area (Å²) in [6.45, 7) is 6.88. The number of carbonyl (C=O) groups excluding carboxylic acids is 1. The molecule has 0 bridgehead atoms. The van der Waals surface area contributed by atoms with Crippen LogP contribution in [0.5, 0.6) is 6.01 Å². The molecule has 0 aliphatic carbocycles. The highest BCUT2D eigenvalue weighted by Gasteiger charge is 2.08. The van der Waals surface area contributed by atoms with E-state index in [9.17, 15) is 4.79 Å². The molecule has 3 N–H and O–H groups in total. The number of amides is 1. The summed E-state index contributed by atoms with van der Waals surface area (Å²) >= 11 is 0. The number of carbonyl (C=O) groups is 1. The zero-order valence-corrected chi connectivity index (χ0v) is 12.4. The second-order valence-electron chi connectivity index (χ2n) is 4.31. The zero-order chi connectivity index (χ0) is 15.0. The van der Waals surface area contributed by atoms with E-state index in [1.165, 1.54) is 0 Å². The highest BCUT2D eigenvalue weighted by molar-refractivity contribution is 5.75. The number of hydrogen-bond donors (Lipinski definition) is 3. The van der Waals surface area contributed by atoms with Crippen LogP contribution in [0.1, 0.15) is 27.2 Å². The molecule has 1 heterocycles. The van der Waals surface area contributed by atoms with Gasteiger partial charge in [-0.05, 0) is 20.8 Å². The molecule has 8 nitrogen and oxygen atoms in total. The lowest BCUT2D eigenvalue weighted by Crippen LogP contribution is -2.21. The van der Waals surface area contributed by atoms with Gasteiger partial charge in [0.05, 0.1) is 6.10 Å². The van der Waals surface area contributed by atoms with Crippen LogP contribution in [0.4, 0.5) is 11.9 Å². The van der Waals surface area contributed by atoms with Crippen molar-refractivity contribution in [2.45, 2.75) is 33.3 Å². The first kappa shape index (κ1) is 15.9. The first-order chi connectivity index (χ1) is 9.55. The Morgan fingerprint density at radius 1 is 1.20 bits per heavy atom. The molecular formula is C12H22N6O2. The van der Waals surface area contributed by atoms with Crippen molar-refractivity contribution in [1.29, 1.82) is 0 Å². The fourth-order valence-corrected chi connectivity index (χ4v) is 1.35. The normalized spacial score (nSPS) is 10.2. The monoisotopic (exact) mass is 282 g/mol. The number of ether oxygens (including phenoxy) is 1. The topological polar surface area (TPSA) is 101 Å². The van der Waals surface area contributed by atoms with Gasteiger partial charge in [0.1, 0.15) is 0 Å². The maximum Gasteiger partial charge on any atom is 0.323 e. The summed E-state index contributed by atoms with van der Waals surface area (Å²) in [5.74, 6) is 0.785. The van der Waals surface area contributed by atoms with Crippen LogP contribution in [0.15, 0.2) is 0 Å². The van der Waals surface area contributed by atoms with Crippen LogP contribution in [0.3, 0.4) is 0 Å². The van der Waals surface area contributed by atoms with Gasteiger partial charge in [0, 0.05) is 26.6 Å². The third-order valence-corrected chi connectivity index (χ3v) is 2.20. The van der Waals surface area contributed by atoms with E-state index < -0.39 is 0 Å². The Morgan fingerprint density at radius 3 is 2.40 bits per heavy atom. The van der Waals surface area contributed by atoms with Gasteiger partial charge in [-0.25, -0.2) is 0 Å². The minimum atomic E-state index is -0.0443. The van der Waals surface area contributed by atoms with Crippen LogP contribution >= 0.6 is 0 Å². The first-order valence-corrected chi connectivity index (χ1v) is 6.66. The summed E-state index contributed by atoms with van der Waals surface area (Å²) in [5, 5.41) is 8.54. The Morgan fingerprint density at radius 2 is 1.85 bits per heavy atom. The number of nitrogens with zero attached hydrogens (tertiary/aromatic N) is 3. The predicted octanol–water partition coefficient (Wildman–Crippen LogP) is 0.639. The van der Waals surface area contributed by atoms with Crippen molar-refractivity contribution in [3.05, 3.63) is 0 Å². The van der Waals surface area contributed by atoms with Gasteiger partial charge in [0.2, 0.25) is 17.8 Å². The third-order valence-electron chi connectivity index (χ3n) is 2.20. The summed E-state index contributed by atoms with van der Waals surface area (Å²) in [5.41, 5.74) is 0. The largest absolute Gasteiger partial charge is 0.461 e. The standard InChI is InChI=1S/C12H22N6O2/c1-5-14-10-16-11(15-7-6-9(19)13-4)18-12(17-10)20-8(2)3/h8H,5-7H2,1-4H3,(H,13,19)(H2,14,15,16,17,18). The van der Waals surface area contributed by atoms with Gasteiger partial charge in [-0.3, -0.25) is 4.79 Å². The summed E-state index contributed by atoms with van der Waals surface area (Å²) in [7, 11) is 1.60. The van der Waals surface area contributed by atoms with Crippen LogP contribution in [-0.4, -0.2) is 47.1 Å². The lowest BCUT2D eigenvalue weighted by molar-refractivity contribution is -0.120. The molecule has 0 aromatic carbocycles. The van der Waals surface area contributed by atoms with E-state index in [4.69, 9.17) is 4.74 Å². The van der Waals surface area contributed by atoms with Crippen molar-refractivity contribution in [2.75, 3.05) is 30.8 Å². The van der Waals surface area contributed by atoms with Crippen molar-refractivity contribution in [2.24, 2.45) is 0 Å². The van der Waals surface area contributed by atoms with Crippen LogP contribution in [0.2, 0.25) is 0 Å². The Balaban J connectivity index is 2.72. The van der Waals surface area contributed by atoms with Crippen molar-refractivity contribution in [3.63, 3.8) is 0 Å². The Hall–Kier alpha value is -2.12. The zero-order valence-electron chi connectivity index (χ0n) is 12.4. The van der Waals surface area contributed by atoms with Gasteiger partial charge in [-0.1, -0.05) is 0 Å². The van der Waals surface area contributed by atoms with E-state index in [1.807, 2.05) is 20.8 Å². The molecule has 0 saturated heterocycles. The van der Waals surface area contributed by atoms with E-state index in [0.717, 1.165) is 0 Å². The molecule has 112 valence electrons. The number of rotatable bonds is 8. The van der Waals surface area contributed by atoms with Gasteiger partial charge >= 0.3 is 6.01 Å². The lowest BCUT2D eigenvalue weighted by atomic mass is 10.4. The average molecular weight is 282 g/mol. The molecule has 1 amide bonds.